The largest absolute Gasteiger partial charge is 0.466 e. The number of rotatable bonds is 4. The van der Waals surface area contributed by atoms with Crippen LogP contribution in [0.25, 0.3) is 0 Å². The van der Waals surface area contributed by atoms with Crippen LogP contribution in [-0.4, -0.2) is 49.0 Å². The SMILES string of the molecule is CCOC(=O)CN1C(=O)[C@H]2C=C(C(=O)OC)[C@H]21. The lowest BCUT2D eigenvalue weighted by Crippen LogP contribution is -2.67. The van der Waals surface area contributed by atoms with Crippen molar-refractivity contribution in [2.75, 3.05) is 20.3 Å². The van der Waals surface area contributed by atoms with E-state index in [0.29, 0.717) is 5.57 Å². The van der Waals surface area contributed by atoms with Gasteiger partial charge in [-0.05, 0) is 6.92 Å². The number of hydrogen-bond acceptors (Lipinski definition) is 5. The Kier molecular flexibility index (Phi) is 2.87. The van der Waals surface area contributed by atoms with E-state index in [9.17, 15) is 14.4 Å². The lowest BCUT2D eigenvalue weighted by atomic mass is 9.71. The molecular weight excluding hydrogens is 226 g/mol. The lowest BCUT2D eigenvalue weighted by Gasteiger charge is -2.51. The number of likely N-dealkylation sites (tertiary alicyclic amines) is 1. The van der Waals surface area contributed by atoms with Crippen molar-refractivity contribution in [1.82, 2.24) is 4.90 Å². The molecule has 0 unspecified atom stereocenters. The second-order valence-electron chi connectivity index (χ2n) is 3.86. The second-order valence-corrected chi connectivity index (χ2v) is 3.86. The fraction of sp³-hybridized carbons (Fsp3) is 0.545. The van der Waals surface area contributed by atoms with Crippen molar-refractivity contribution >= 4 is 17.8 Å². The van der Waals surface area contributed by atoms with E-state index >= 15 is 0 Å². The van der Waals surface area contributed by atoms with Crippen LogP contribution in [0.3, 0.4) is 0 Å². The molecule has 92 valence electrons. The number of β-lactam (4-membered cyclic amide) rings is 1. The zero-order valence-corrected chi connectivity index (χ0v) is 9.63. The number of amides is 1. The first-order chi connectivity index (χ1) is 8.10. The maximum atomic E-state index is 11.5. The molecule has 2 aliphatic rings. The topological polar surface area (TPSA) is 72.9 Å². The van der Waals surface area contributed by atoms with Crippen LogP contribution < -0.4 is 0 Å². The van der Waals surface area contributed by atoms with E-state index in [1.54, 1.807) is 13.0 Å². The molecule has 1 amide bonds. The highest BCUT2D eigenvalue weighted by molar-refractivity contribution is 6.03. The monoisotopic (exact) mass is 239 g/mol. The molecule has 1 saturated heterocycles. The number of carbonyl (C=O) groups excluding carboxylic acids is 3. The fourth-order valence-corrected chi connectivity index (χ4v) is 2.10. The molecule has 1 heterocycles. The first kappa shape index (κ1) is 11.6. The number of esters is 2. The Morgan fingerprint density at radius 1 is 1.47 bits per heavy atom. The van der Waals surface area contributed by atoms with Crippen molar-refractivity contribution in [3.05, 3.63) is 11.6 Å². The molecule has 0 spiro atoms. The van der Waals surface area contributed by atoms with Crippen molar-refractivity contribution in [3.63, 3.8) is 0 Å². The zero-order valence-electron chi connectivity index (χ0n) is 9.63. The average Bonchev–Trinajstić information content (AvgIpc) is 2.27. The molecule has 1 aliphatic carbocycles. The molecule has 1 aliphatic heterocycles. The molecular formula is C11H13NO5. The molecule has 2 rings (SSSR count). The molecule has 2 atom stereocenters. The smallest absolute Gasteiger partial charge is 0.335 e. The first-order valence-electron chi connectivity index (χ1n) is 5.36. The van der Waals surface area contributed by atoms with Gasteiger partial charge < -0.3 is 14.4 Å². The van der Waals surface area contributed by atoms with E-state index in [1.807, 2.05) is 0 Å². The minimum absolute atomic E-state index is 0.109. The number of hydrogen-bond donors (Lipinski definition) is 0. The van der Waals surface area contributed by atoms with E-state index < -0.39 is 11.9 Å². The van der Waals surface area contributed by atoms with E-state index in [2.05, 4.69) is 4.74 Å². The van der Waals surface area contributed by atoms with Gasteiger partial charge in [-0.2, -0.15) is 0 Å². The average molecular weight is 239 g/mol. The highest BCUT2D eigenvalue weighted by Gasteiger charge is 2.56. The summed E-state index contributed by atoms with van der Waals surface area (Å²) in [7, 11) is 1.28. The molecule has 0 radical (unpaired) electrons. The molecule has 0 N–H and O–H groups in total. The van der Waals surface area contributed by atoms with Gasteiger partial charge in [0.2, 0.25) is 5.91 Å². The Bertz CT molecular complexity index is 414. The highest BCUT2D eigenvalue weighted by Crippen LogP contribution is 2.42. The Morgan fingerprint density at radius 2 is 2.18 bits per heavy atom. The summed E-state index contributed by atoms with van der Waals surface area (Å²) in [4.78, 5) is 35.4. The number of ether oxygens (including phenoxy) is 2. The predicted octanol–water partition coefficient (Wildman–Crippen LogP) is -0.511. The lowest BCUT2D eigenvalue weighted by molar-refractivity contribution is -0.164. The van der Waals surface area contributed by atoms with Crippen LogP contribution in [0, 0.1) is 5.92 Å². The van der Waals surface area contributed by atoms with Gasteiger partial charge in [0.25, 0.3) is 0 Å². The van der Waals surface area contributed by atoms with E-state index in [1.165, 1.54) is 12.0 Å². The minimum Gasteiger partial charge on any atom is -0.466 e. The maximum Gasteiger partial charge on any atom is 0.335 e. The second kappa shape index (κ2) is 4.20. The molecule has 17 heavy (non-hydrogen) atoms. The van der Waals surface area contributed by atoms with Gasteiger partial charge in [-0.1, -0.05) is 6.08 Å². The zero-order chi connectivity index (χ0) is 12.6. The number of fused-ring (bicyclic) bond motifs is 1. The summed E-state index contributed by atoms with van der Waals surface area (Å²) in [5, 5.41) is 0. The normalized spacial score (nSPS) is 25.2. The summed E-state index contributed by atoms with van der Waals surface area (Å²) in [6.07, 6.45) is 1.58. The van der Waals surface area contributed by atoms with Crippen LogP contribution in [-0.2, 0) is 23.9 Å². The molecule has 6 nitrogen and oxygen atoms in total. The molecule has 0 aromatic rings. The van der Waals surface area contributed by atoms with Gasteiger partial charge in [0.15, 0.2) is 0 Å². The quantitative estimate of drug-likeness (QED) is 0.488. The standard InChI is InChI=1S/C11H13NO5/c1-3-17-8(13)5-12-9-6(10(12)14)4-7(9)11(15)16-2/h4,6,9H,3,5H2,1-2H3/t6-,9-/m0/s1. The molecule has 1 fully saturated rings. The van der Waals surface area contributed by atoms with Crippen LogP contribution in [0.5, 0.6) is 0 Å². The third-order valence-electron chi connectivity index (χ3n) is 2.95. The summed E-state index contributed by atoms with van der Waals surface area (Å²) in [5.74, 6) is -1.32. The van der Waals surface area contributed by atoms with Crippen molar-refractivity contribution in [1.29, 1.82) is 0 Å². The molecule has 0 saturated carbocycles. The van der Waals surface area contributed by atoms with Crippen molar-refractivity contribution in [2.45, 2.75) is 13.0 Å². The van der Waals surface area contributed by atoms with Crippen LogP contribution in [0.4, 0.5) is 0 Å². The van der Waals surface area contributed by atoms with Crippen molar-refractivity contribution in [3.8, 4) is 0 Å². The Balaban J connectivity index is 1.99. The van der Waals surface area contributed by atoms with Crippen molar-refractivity contribution < 1.29 is 23.9 Å². The van der Waals surface area contributed by atoms with Crippen LogP contribution in [0.2, 0.25) is 0 Å². The maximum absolute atomic E-state index is 11.5. The number of methoxy groups -OCH3 is 1. The summed E-state index contributed by atoms with van der Waals surface area (Å²) < 4.78 is 9.34. The summed E-state index contributed by atoms with van der Waals surface area (Å²) in [6.45, 7) is 1.86. The van der Waals surface area contributed by atoms with Crippen molar-refractivity contribution in [2.24, 2.45) is 5.92 Å². The minimum atomic E-state index is -0.463. The summed E-state index contributed by atoms with van der Waals surface area (Å²) in [5.41, 5.74) is 0.446. The van der Waals surface area contributed by atoms with Gasteiger partial charge in [0, 0.05) is 0 Å². The van der Waals surface area contributed by atoms with E-state index in [-0.39, 0.29) is 31.0 Å². The third-order valence-corrected chi connectivity index (χ3v) is 2.95. The molecule has 0 aromatic carbocycles. The third kappa shape index (κ3) is 1.69. The highest BCUT2D eigenvalue weighted by atomic mass is 16.5. The van der Waals surface area contributed by atoms with Gasteiger partial charge >= 0.3 is 11.9 Å². The predicted molar refractivity (Wildman–Crippen MR) is 55.7 cm³/mol. The van der Waals surface area contributed by atoms with Crippen LogP contribution >= 0.6 is 0 Å². The van der Waals surface area contributed by atoms with Gasteiger partial charge in [-0.25, -0.2) is 4.79 Å². The Labute approximate surface area is 98.2 Å². The van der Waals surface area contributed by atoms with E-state index in [0.717, 1.165) is 0 Å². The van der Waals surface area contributed by atoms with Crippen LogP contribution in [0.1, 0.15) is 6.92 Å². The number of nitrogens with zero attached hydrogens (tertiary/aromatic N) is 1. The van der Waals surface area contributed by atoms with Gasteiger partial charge in [-0.15, -0.1) is 0 Å². The van der Waals surface area contributed by atoms with E-state index in [4.69, 9.17) is 4.74 Å². The molecule has 0 bridgehead atoms. The van der Waals surface area contributed by atoms with Gasteiger partial charge in [0.1, 0.15) is 6.54 Å². The molecule has 0 aromatic heterocycles. The first-order valence-corrected chi connectivity index (χ1v) is 5.36. The van der Waals surface area contributed by atoms with Crippen LogP contribution in [0.15, 0.2) is 11.6 Å². The Morgan fingerprint density at radius 3 is 2.76 bits per heavy atom. The summed E-state index contributed by atoms with van der Waals surface area (Å²) >= 11 is 0. The van der Waals surface area contributed by atoms with Gasteiger partial charge in [-0.3, -0.25) is 9.59 Å². The van der Waals surface area contributed by atoms with Gasteiger partial charge in [0.05, 0.1) is 31.2 Å². The molecule has 6 heteroatoms. The summed E-state index contributed by atoms with van der Waals surface area (Å²) in [6, 6.07) is -0.306. The number of carbonyl (C=O) groups is 3. The fourth-order valence-electron chi connectivity index (χ4n) is 2.10. The Hall–Kier alpha value is -1.85.